The van der Waals surface area contributed by atoms with Crippen molar-refractivity contribution in [2.75, 3.05) is 25.9 Å². The van der Waals surface area contributed by atoms with Gasteiger partial charge >= 0.3 is 0 Å². The van der Waals surface area contributed by atoms with E-state index in [1.54, 1.807) is 0 Å². The molecule has 3 heterocycles. The number of imidazole rings is 1. The first-order valence-corrected chi connectivity index (χ1v) is 14.3. The first-order chi connectivity index (χ1) is 17.5. The van der Waals surface area contributed by atoms with Gasteiger partial charge in [0.25, 0.3) is 5.91 Å². The minimum atomic E-state index is 0.0885. The monoisotopic (exact) mass is 499 g/mol. The van der Waals surface area contributed by atoms with E-state index in [9.17, 15) is 4.79 Å². The van der Waals surface area contributed by atoms with Crippen LogP contribution in [0.3, 0.4) is 0 Å². The van der Waals surface area contributed by atoms with Gasteiger partial charge in [0.2, 0.25) is 0 Å². The minimum Gasteiger partial charge on any atom is -0.341 e. The standard InChI is InChI=1S/C29H33N5OS/c1-4-36(3)34-16-13-26-27(19-34)32-28(31-26)25-17-24(8-5-20(25)2)29(35)33-14-11-23(12-15-33)22-9-6-21(18-30)7-10-22/h4-10,17,23H,11-16,19H2,1-3H3,(H,31,32). The summed E-state index contributed by atoms with van der Waals surface area (Å²) in [5.74, 6) is 1.38. The molecule has 1 aromatic heterocycles. The van der Waals surface area contributed by atoms with Crippen LogP contribution in [0, 0.1) is 18.3 Å². The number of hydrogen-bond donors (Lipinski definition) is 1. The lowest BCUT2D eigenvalue weighted by Crippen LogP contribution is -2.37. The van der Waals surface area contributed by atoms with Crippen LogP contribution >= 0.6 is 10.7 Å². The molecule has 1 amide bonds. The second kappa shape index (κ2) is 10.4. The molecule has 2 aliphatic heterocycles. The molecule has 3 aromatic rings. The van der Waals surface area contributed by atoms with Crippen LogP contribution in [0.1, 0.15) is 64.1 Å². The molecule has 6 nitrogen and oxygen atoms in total. The van der Waals surface area contributed by atoms with E-state index in [-0.39, 0.29) is 16.6 Å². The van der Waals surface area contributed by atoms with Crippen LogP contribution in [0.25, 0.3) is 11.4 Å². The number of aromatic nitrogens is 2. The van der Waals surface area contributed by atoms with E-state index in [4.69, 9.17) is 10.2 Å². The summed E-state index contributed by atoms with van der Waals surface area (Å²) in [7, 11) is 0.158. The van der Waals surface area contributed by atoms with E-state index in [2.05, 4.69) is 53.0 Å². The fraction of sp³-hybridized carbons (Fsp3) is 0.379. The highest BCUT2D eigenvalue weighted by molar-refractivity contribution is 8.12. The molecule has 2 aliphatic rings. The predicted octanol–water partition coefficient (Wildman–Crippen LogP) is 5.27. The lowest BCUT2D eigenvalue weighted by molar-refractivity contribution is 0.0713. The van der Waals surface area contributed by atoms with Crippen LogP contribution in [-0.2, 0) is 13.0 Å². The van der Waals surface area contributed by atoms with Gasteiger partial charge in [0.1, 0.15) is 5.82 Å². The number of nitrogens with zero attached hydrogens (tertiary/aromatic N) is 4. The Hall–Kier alpha value is -3.21. The fourth-order valence-electron chi connectivity index (χ4n) is 5.23. The second-order valence-corrected chi connectivity index (χ2v) is 11.7. The van der Waals surface area contributed by atoms with E-state index < -0.39 is 0 Å². The number of H-pyrrole nitrogens is 1. The third kappa shape index (κ3) is 4.88. The Kier molecular flexibility index (Phi) is 7.08. The van der Waals surface area contributed by atoms with Crippen molar-refractivity contribution in [3.05, 3.63) is 76.1 Å². The van der Waals surface area contributed by atoms with Crippen molar-refractivity contribution >= 4 is 21.9 Å². The third-order valence-electron chi connectivity index (χ3n) is 7.58. The Labute approximate surface area is 216 Å². The number of nitriles is 1. The molecule has 0 radical (unpaired) electrons. The van der Waals surface area contributed by atoms with E-state index >= 15 is 0 Å². The van der Waals surface area contributed by atoms with Gasteiger partial charge in [-0.2, -0.15) is 5.26 Å². The number of aryl methyl sites for hydroxylation is 1. The number of hydrogen-bond acceptors (Lipinski definition) is 4. The van der Waals surface area contributed by atoms with Gasteiger partial charge in [-0.05, 0) is 74.3 Å². The van der Waals surface area contributed by atoms with Gasteiger partial charge in [-0.25, -0.2) is 4.98 Å². The highest BCUT2D eigenvalue weighted by atomic mass is 32.2. The zero-order chi connectivity index (χ0) is 25.2. The van der Waals surface area contributed by atoms with Crippen LogP contribution in [-0.4, -0.2) is 56.3 Å². The molecule has 186 valence electrons. The molecule has 2 aromatic carbocycles. The smallest absolute Gasteiger partial charge is 0.253 e. The Morgan fingerprint density at radius 1 is 1.17 bits per heavy atom. The topological polar surface area (TPSA) is 76.0 Å². The number of fused-ring (bicyclic) bond motifs is 1. The largest absolute Gasteiger partial charge is 0.341 e. The van der Waals surface area contributed by atoms with E-state index in [0.717, 1.165) is 73.7 Å². The zero-order valence-corrected chi connectivity index (χ0v) is 22.1. The molecule has 7 heteroatoms. The average molecular weight is 500 g/mol. The molecule has 36 heavy (non-hydrogen) atoms. The number of aromatic amines is 1. The first kappa shape index (κ1) is 24.5. The number of likely N-dealkylation sites (tertiary alicyclic amines) is 1. The van der Waals surface area contributed by atoms with Gasteiger partial charge in [0.05, 0.1) is 29.6 Å². The predicted molar refractivity (Wildman–Crippen MR) is 147 cm³/mol. The number of carbonyl (C=O) groups excluding carboxylic acids is 1. The van der Waals surface area contributed by atoms with Gasteiger partial charge in [-0.1, -0.05) is 23.6 Å². The highest BCUT2D eigenvalue weighted by Crippen LogP contribution is 2.31. The van der Waals surface area contributed by atoms with Crippen molar-refractivity contribution < 1.29 is 4.79 Å². The number of carbonyl (C=O) groups is 1. The molecule has 0 saturated carbocycles. The Morgan fingerprint density at radius 3 is 2.61 bits per heavy atom. The maximum atomic E-state index is 13.4. The lowest BCUT2D eigenvalue weighted by Gasteiger charge is -2.32. The fourth-order valence-corrected chi connectivity index (χ4v) is 6.24. The van der Waals surface area contributed by atoms with Crippen LogP contribution in [0.4, 0.5) is 0 Å². The Bertz CT molecular complexity index is 1340. The van der Waals surface area contributed by atoms with Crippen LogP contribution < -0.4 is 0 Å². The van der Waals surface area contributed by atoms with Crippen LogP contribution in [0.2, 0.25) is 0 Å². The van der Waals surface area contributed by atoms with Crippen molar-refractivity contribution in [1.82, 2.24) is 19.2 Å². The number of benzene rings is 2. The molecule has 0 aliphatic carbocycles. The summed E-state index contributed by atoms with van der Waals surface area (Å²) in [5.41, 5.74) is 7.13. The Morgan fingerprint density at radius 2 is 1.92 bits per heavy atom. The SMILES string of the molecule is C/C=S(/C)N1CCc2nc(-c3cc(C(=O)N4CCC(c5ccc(C#N)cc5)CC4)ccc3C)[nH]c2C1. The molecular weight excluding hydrogens is 466 g/mol. The minimum absolute atomic E-state index is 0.0885. The van der Waals surface area contributed by atoms with E-state index in [1.165, 1.54) is 11.3 Å². The number of rotatable bonds is 4. The van der Waals surface area contributed by atoms with Gasteiger partial charge in [-0.15, -0.1) is 10.7 Å². The summed E-state index contributed by atoms with van der Waals surface area (Å²) in [5, 5.41) is 11.3. The summed E-state index contributed by atoms with van der Waals surface area (Å²) in [6.07, 6.45) is 5.08. The van der Waals surface area contributed by atoms with Crippen LogP contribution in [0.5, 0.6) is 0 Å². The van der Waals surface area contributed by atoms with Gasteiger partial charge < -0.3 is 9.88 Å². The molecule has 1 N–H and O–H groups in total. The maximum Gasteiger partial charge on any atom is 0.253 e. The van der Waals surface area contributed by atoms with E-state index in [0.29, 0.717) is 11.5 Å². The summed E-state index contributed by atoms with van der Waals surface area (Å²) >= 11 is 0. The second-order valence-electron chi connectivity index (χ2n) is 9.71. The number of piperidine rings is 1. The number of amides is 1. The van der Waals surface area contributed by atoms with Crippen molar-refractivity contribution in [1.29, 1.82) is 5.26 Å². The van der Waals surface area contributed by atoms with Crippen molar-refractivity contribution in [2.24, 2.45) is 0 Å². The van der Waals surface area contributed by atoms with Crippen LogP contribution in [0.15, 0.2) is 42.5 Å². The molecule has 1 fully saturated rings. The summed E-state index contributed by atoms with van der Waals surface area (Å²) in [6, 6.07) is 16.0. The van der Waals surface area contributed by atoms with Crippen molar-refractivity contribution in [3.8, 4) is 17.5 Å². The summed E-state index contributed by atoms with van der Waals surface area (Å²) in [4.78, 5) is 23.9. The molecule has 1 saturated heterocycles. The van der Waals surface area contributed by atoms with Crippen molar-refractivity contribution in [3.63, 3.8) is 0 Å². The zero-order valence-electron chi connectivity index (χ0n) is 21.3. The summed E-state index contributed by atoms with van der Waals surface area (Å²) < 4.78 is 2.48. The van der Waals surface area contributed by atoms with E-state index in [1.807, 2.05) is 35.2 Å². The van der Waals surface area contributed by atoms with Gasteiger partial charge in [0, 0.05) is 37.2 Å². The normalized spacial score (nSPS) is 17.6. The maximum absolute atomic E-state index is 13.4. The molecule has 0 spiro atoms. The third-order valence-corrected chi connectivity index (χ3v) is 9.39. The molecule has 5 rings (SSSR count). The van der Waals surface area contributed by atoms with Crippen molar-refractivity contribution in [2.45, 2.75) is 45.6 Å². The molecular formula is C29H33N5OS. The molecule has 1 unspecified atom stereocenters. The number of nitrogens with one attached hydrogen (secondary N) is 1. The summed E-state index contributed by atoms with van der Waals surface area (Å²) in [6.45, 7) is 7.60. The molecule has 0 bridgehead atoms. The quantitative estimate of drug-likeness (QED) is 0.496. The molecule has 1 atom stereocenters. The lowest BCUT2D eigenvalue weighted by atomic mass is 9.89. The Balaban J connectivity index is 1.30. The van der Waals surface area contributed by atoms with Gasteiger partial charge in [0.15, 0.2) is 0 Å². The average Bonchev–Trinajstić information content (AvgIpc) is 3.36. The first-order valence-electron chi connectivity index (χ1n) is 12.6. The highest BCUT2D eigenvalue weighted by Gasteiger charge is 2.26. The van der Waals surface area contributed by atoms with Gasteiger partial charge in [-0.3, -0.25) is 9.10 Å².